The monoisotopic (exact) mass is 289 g/mol. The molecular formula is C12H11N5O2S. The lowest BCUT2D eigenvalue weighted by Crippen LogP contribution is -1.95. The summed E-state index contributed by atoms with van der Waals surface area (Å²) in [7, 11) is 3.22. The van der Waals surface area contributed by atoms with Crippen molar-refractivity contribution in [2.24, 2.45) is 0 Å². The molecule has 0 saturated carbocycles. The molecule has 0 fully saturated rings. The van der Waals surface area contributed by atoms with Crippen LogP contribution in [0.4, 0.5) is 0 Å². The Morgan fingerprint density at radius 2 is 1.90 bits per heavy atom. The van der Waals surface area contributed by atoms with Crippen LogP contribution in [0.15, 0.2) is 40.3 Å². The van der Waals surface area contributed by atoms with Gasteiger partial charge in [-0.2, -0.15) is 0 Å². The Bertz CT molecular complexity index is 746. The Morgan fingerprint density at radius 1 is 1.05 bits per heavy atom. The van der Waals surface area contributed by atoms with E-state index in [1.54, 1.807) is 14.2 Å². The maximum absolute atomic E-state index is 5.28. The highest BCUT2D eigenvalue weighted by molar-refractivity contribution is 7.99. The molecule has 0 aliphatic rings. The van der Waals surface area contributed by atoms with Gasteiger partial charge in [-0.25, -0.2) is 0 Å². The standard InChI is InChI=1S/C12H11N5O2S/c1-18-9-4-3-8(7-10(9)19-2)20-12-6-5-11-13-15-16-17(11)14-12/h3-7H,1-2H3. The van der Waals surface area contributed by atoms with E-state index >= 15 is 0 Å². The normalized spacial score (nSPS) is 10.7. The SMILES string of the molecule is COc1ccc(Sc2ccc3nnnn3n2)cc1OC. The minimum absolute atomic E-state index is 0.613. The second-order valence-corrected chi connectivity index (χ2v) is 4.91. The van der Waals surface area contributed by atoms with Crippen molar-refractivity contribution in [3.63, 3.8) is 0 Å². The molecule has 0 saturated heterocycles. The van der Waals surface area contributed by atoms with Crippen LogP contribution in [0.3, 0.4) is 0 Å². The van der Waals surface area contributed by atoms with E-state index in [0.29, 0.717) is 17.1 Å². The number of aromatic nitrogens is 5. The lowest BCUT2D eigenvalue weighted by Gasteiger charge is -2.08. The molecule has 3 aromatic rings. The van der Waals surface area contributed by atoms with Crippen molar-refractivity contribution in [1.82, 2.24) is 25.3 Å². The van der Waals surface area contributed by atoms with Gasteiger partial charge in [0.2, 0.25) is 0 Å². The fourth-order valence-electron chi connectivity index (χ4n) is 1.69. The van der Waals surface area contributed by atoms with Crippen molar-refractivity contribution in [1.29, 1.82) is 0 Å². The zero-order valence-electron chi connectivity index (χ0n) is 10.8. The Balaban J connectivity index is 1.89. The Morgan fingerprint density at radius 3 is 2.70 bits per heavy atom. The van der Waals surface area contributed by atoms with Gasteiger partial charge >= 0.3 is 0 Å². The molecule has 0 aliphatic carbocycles. The van der Waals surface area contributed by atoms with Crippen molar-refractivity contribution in [2.45, 2.75) is 9.92 Å². The summed E-state index contributed by atoms with van der Waals surface area (Å²) >= 11 is 1.49. The molecule has 3 rings (SSSR count). The van der Waals surface area contributed by atoms with Gasteiger partial charge < -0.3 is 9.47 Å². The fourth-order valence-corrected chi connectivity index (χ4v) is 2.49. The molecule has 0 radical (unpaired) electrons. The number of methoxy groups -OCH3 is 2. The van der Waals surface area contributed by atoms with Crippen molar-refractivity contribution < 1.29 is 9.47 Å². The van der Waals surface area contributed by atoms with Crippen LogP contribution >= 0.6 is 11.8 Å². The molecule has 0 atom stereocenters. The summed E-state index contributed by atoms with van der Waals surface area (Å²) in [6.07, 6.45) is 0. The van der Waals surface area contributed by atoms with Crippen molar-refractivity contribution in [2.75, 3.05) is 14.2 Å². The van der Waals surface area contributed by atoms with Crippen LogP contribution in [0.2, 0.25) is 0 Å². The lowest BCUT2D eigenvalue weighted by atomic mass is 10.3. The zero-order valence-corrected chi connectivity index (χ0v) is 11.7. The average Bonchev–Trinajstić information content (AvgIpc) is 2.94. The number of tetrazole rings is 1. The van der Waals surface area contributed by atoms with Gasteiger partial charge in [0.15, 0.2) is 17.1 Å². The summed E-state index contributed by atoms with van der Waals surface area (Å²) < 4.78 is 11.9. The molecule has 8 heteroatoms. The summed E-state index contributed by atoms with van der Waals surface area (Å²) in [4.78, 5) is 0.988. The summed E-state index contributed by atoms with van der Waals surface area (Å²) in [5, 5.41) is 16.2. The lowest BCUT2D eigenvalue weighted by molar-refractivity contribution is 0.354. The molecule has 0 amide bonds. The smallest absolute Gasteiger partial charge is 0.200 e. The highest BCUT2D eigenvalue weighted by Gasteiger charge is 2.07. The predicted molar refractivity (Wildman–Crippen MR) is 72.2 cm³/mol. The number of fused-ring (bicyclic) bond motifs is 1. The molecule has 102 valence electrons. The molecular weight excluding hydrogens is 278 g/mol. The molecule has 1 aromatic carbocycles. The number of hydrogen-bond donors (Lipinski definition) is 0. The molecule has 7 nitrogen and oxygen atoms in total. The number of hydrogen-bond acceptors (Lipinski definition) is 7. The quantitative estimate of drug-likeness (QED) is 0.723. The molecule has 0 unspecified atom stereocenters. The number of ether oxygens (including phenoxy) is 2. The van der Waals surface area contributed by atoms with Crippen molar-refractivity contribution in [3.8, 4) is 11.5 Å². The predicted octanol–water partition coefficient (Wildman–Crippen LogP) is 1.69. The van der Waals surface area contributed by atoms with Crippen LogP contribution in [-0.2, 0) is 0 Å². The number of benzene rings is 1. The van der Waals surface area contributed by atoms with Gasteiger partial charge in [0.25, 0.3) is 0 Å². The minimum Gasteiger partial charge on any atom is -0.493 e. The van der Waals surface area contributed by atoms with Crippen LogP contribution in [0.5, 0.6) is 11.5 Å². The first-order chi connectivity index (χ1) is 9.80. The number of rotatable bonds is 4. The van der Waals surface area contributed by atoms with Crippen molar-refractivity contribution in [3.05, 3.63) is 30.3 Å². The van der Waals surface area contributed by atoms with Gasteiger partial charge in [0.05, 0.1) is 14.2 Å². The van der Waals surface area contributed by atoms with E-state index in [-0.39, 0.29) is 0 Å². The highest BCUT2D eigenvalue weighted by atomic mass is 32.2. The van der Waals surface area contributed by atoms with Crippen LogP contribution in [0, 0.1) is 0 Å². The van der Waals surface area contributed by atoms with E-state index in [1.165, 1.54) is 16.4 Å². The van der Waals surface area contributed by atoms with Gasteiger partial charge in [0.1, 0.15) is 5.03 Å². The Hall–Kier alpha value is -2.35. The van der Waals surface area contributed by atoms with E-state index in [4.69, 9.17) is 9.47 Å². The molecule has 2 heterocycles. The molecule has 0 spiro atoms. The molecule has 0 N–H and O–H groups in total. The maximum Gasteiger partial charge on any atom is 0.200 e. The Labute approximate surface area is 118 Å². The van der Waals surface area contributed by atoms with Crippen LogP contribution in [0.1, 0.15) is 0 Å². The van der Waals surface area contributed by atoms with Crippen molar-refractivity contribution >= 4 is 17.4 Å². The third-order valence-corrected chi connectivity index (χ3v) is 3.54. The summed E-state index contributed by atoms with van der Waals surface area (Å²) in [5.74, 6) is 1.38. The van der Waals surface area contributed by atoms with E-state index in [9.17, 15) is 0 Å². The summed E-state index contributed by atoms with van der Waals surface area (Å²) in [5.41, 5.74) is 0.613. The first-order valence-corrected chi connectivity index (χ1v) is 6.57. The van der Waals surface area contributed by atoms with Gasteiger partial charge in [0, 0.05) is 4.90 Å². The van der Waals surface area contributed by atoms with E-state index in [0.717, 1.165) is 9.92 Å². The van der Waals surface area contributed by atoms with Gasteiger partial charge in [-0.3, -0.25) is 0 Å². The topological polar surface area (TPSA) is 74.4 Å². The zero-order chi connectivity index (χ0) is 13.9. The first-order valence-electron chi connectivity index (χ1n) is 5.75. The van der Waals surface area contributed by atoms with E-state index < -0.39 is 0 Å². The van der Waals surface area contributed by atoms with Crippen LogP contribution in [-0.4, -0.2) is 39.5 Å². The molecule has 2 aromatic heterocycles. The van der Waals surface area contributed by atoms with Crippen LogP contribution < -0.4 is 9.47 Å². The van der Waals surface area contributed by atoms with Gasteiger partial charge in [-0.1, -0.05) is 11.8 Å². The fraction of sp³-hybridized carbons (Fsp3) is 0.167. The minimum atomic E-state index is 0.613. The number of nitrogens with zero attached hydrogens (tertiary/aromatic N) is 5. The third-order valence-electron chi connectivity index (χ3n) is 2.62. The third kappa shape index (κ3) is 2.37. The van der Waals surface area contributed by atoms with Crippen LogP contribution in [0.25, 0.3) is 5.65 Å². The van der Waals surface area contributed by atoms with Gasteiger partial charge in [-0.05, 0) is 40.8 Å². The second-order valence-electron chi connectivity index (χ2n) is 3.82. The second kappa shape index (κ2) is 5.33. The largest absolute Gasteiger partial charge is 0.493 e. The first kappa shape index (κ1) is 12.7. The van der Waals surface area contributed by atoms with E-state index in [1.807, 2.05) is 30.3 Å². The highest BCUT2D eigenvalue weighted by Crippen LogP contribution is 2.34. The molecule has 0 bridgehead atoms. The van der Waals surface area contributed by atoms with E-state index in [2.05, 4.69) is 20.6 Å². The average molecular weight is 289 g/mol. The summed E-state index contributed by atoms with van der Waals surface area (Å²) in [6.45, 7) is 0. The summed E-state index contributed by atoms with van der Waals surface area (Å²) in [6, 6.07) is 9.38. The molecule has 0 aliphatic heterocycles. The van der Waals surface area contributed by atoms with Gasteiger partial charge in [-0.15, -0.1) is 14.8 Å². The Kier molecular flexibility index (Phi) is 3.38. The maximum atomic E-state index is 5.28. The molecule has 20 heavy (non-hydrogen) atoms.